The summed E-state index contributed by atoms with van der Waals surface area (Å²) in [5.41, 5.74) is 2.45. The van der Waals surface area contributed by atoms with E-state index >= 15 is 0 Å². The monoisotopic (exact) mass is 277 g/mol. The summed E-state index contributed by atoms with van der Waals surface area (Å²) in [7, 11) is 0. The summed E-state index contributed by atoms with van der Waals surface area (Å²) < 4.78 is 10.2. The molecule has 104 valence electrons. The minimum atomic E-state index is -0.536. The van der Waals surface area contributed by atoms with E-state index in [2.05, 4.69) is 10.5 Å². The molecule has 1 N–H and O–H groups in total. The number of ether oxygens (including phenoxy) is 2. The number of hydrazone groups is 1. The molecule has 8 nitrogen and oxygen atoms in total. The van der Waals surface area contributed by atoms with Gasteiger partial charge in [0.05, 0.1) is 22.8 Å². The topological polar surface area (TPSA) is 103 Å². The minimum absolute atomic E-state index is 0.0267. The highest BCUT2D eigenvalue weighted by molar-refractivity contribution is 5.88. The summed E-state index contributed by atoms with van der Waals surface area (Å²) >= 11 is 0. The van der Waals surface area contributed by atoms with E-state index in [1.807, 2.05) is 0 Å². The molecule has 0 radical (unpaired) electrons. The molecule has 20 heavy (non-hydrogen) atoms. The van der Waals surface area contributed by atoms with Crippen molar-refractivity contribution in [2.75, 3.05) is 6.79 Å². The third-order valence-electron chi connectivity index (χ3n) is 3.05. The van der Waals surface area contributed by atoms with Gasteiger partial charge < -0.3 is 9.47 Å². The third kappa shape index (κ3) is 2.40. The maximum Gasteiger partial charge on any atom is 0.282 e. The standard InChI is InChI=1S/C12H11N3O5/c16-12(7-1-2-7)14-13-5-8-3-10-11(20-6-19-10)4-9(8)15(17)18/h3-5,7H,1-2,6H2,(H,14,16). The van der Waals surface area contributed by atoms with Gasteiger partial charge in [-0.2, -0.15) is 5.10 Å². The zero-order chi connectivity index (χ0) is 14.1. The Morgan fingerprint density at radius 1 is 1.40 bits per heavy atom. The number of nitrogens with zero attached hydrogens (tertiary/aromatic N) is 2. The Kier molecular flexibility index (Phi) is 2.97. The van der Waals surface area contributed by atoms with Crippen LogP contribution in [-0.4, -0.2) is 23.8 Å². The molecule has 1 aliphatic carbocycles. The van der Waals surface area contributed by atoms with E-state index in [9.17, 15) is 14.9 Å². The van der Waals surface area contributed by atoms with Crippen molar-refractivity contribution in [3.05, 3.63) is 27.8 Å². The van der Waals surface area contributed by atoms with Crippen molar-refractivity contribution in [3.63, 3.8) is 0 Å². The van der Waals surface area contributed by atoms with Gasteiger partial charge in [-0.05, 0) is 18.9 Å². The molecule has 0 aromatic heterocycles. The summed E-state index contributed by atoms with van der Waals surface area (Å²) in [5, 5.41) is 14.7. The van der Waals surface area contributed by atoms with Crippen molar-refractivity contribution < 1.29 is 19.2 Å². The van der Waals surface area contributed by atoms with Gasteiger partial charge in [-0.1, -0.05) is 0 Å². The SMILES string of the molecule is O=C(NN=Cc1cc2c(cc1[N+](=O)[O-])OCO2)C1CC1. The van der Waals surface area contributed by atoms with E-state index < -0.39 is 4.92 Å². The van der Waals surface area contributed by atoms with Crippen molar-refractivity contribution in [2.24, 2.45) is 11.0 Å². The van der Waals surface area contributed by atoms with Crippen LogP contribution in [0, 0.1) is 16.0 Å². The Labute approximate surface area is 113 Å². The van der Waals surface area contributed by atoms with Crippen LogP contribution < -0.4 is 14.9 Å². The molecule has 1 saturated carbocycles. The summed E-state index contributed by atoms with van der Waals surface area (Å²) in [6.45, 7) is 0.0332. The number of hydrogen-bond donors (Lipinski definition) is 1. The van der Waals surface area contributed by atoms with Gasteiger partial charge >= 0.3 is 0 Å². The molecule has 3 rings (SSSR count). The highest BCUT2D eigenvalue weighted by Gasteiger charge is 2.29. The molecule has 0 spiro atoms. The van der Waals surface area contributed by atoms with Crippen LogP contribution in [0.2, 0.25) is 0 Å². The van der Waals surface area contributed by atoms with Crippen LogP contribution in [0.4, 0.5) is 5.69 Å². The van der Waals surface area contributed by atoms with Crippen LogP contribution in [0.3, 0.4) is 0 Å². The fourth-order valence-corrected chi connectivity index (χ4v) is 1.81. The van der Waals surface area contributed by atoms with Crippen LogP contribution in [0.1, 0.15) is 18.4 Å². The first-order valence-corrected chi connectivity index (χ1v) is 6.06. The second kappa shape index (κ2) is 4.80. The Morgan fingerprint density at radius 3 is 2.75 bits per heavy atom. The smallest absolute Gasteiger partial charge is 0.282 e. The number of nitrogens with one attached hydrogen (secondary N) is 1. The van der Waals surface area contributed by atoms with E-state index in [0.717, 1.165) is 12.8 Å². The van der Waals surface area contributed by atoms with Gasteiger partial charge in [0.1, 0.15) is 0 Å². The van der Waals surface area contributed by atoms with Crippen molar-refractivity contribution in [3.8, 4) is 11.5 Å². The van der Waals surface area contributed by atoms with E-state index in [1.54, 1.807) is 0 Å². The average Bonchev–Trinajstić information content (AvgIpc) is 3.17. The van der Waals surface area contributed by atoms with Crippen LogP contribution >= 0.6 is 0 Å². The first-order chi connectivity index (χ1) is 9.65. The van der Waals surface area contributed by atoms with E-state index in [1.165, 1.54) is 18.3 Å². The zero-order valence-electron chi connectivity index (χ0n) is 10.4. The lowest BCUT2D eigenvalue weighted by atomic mass is 10.1. The second-order valence-electron chi connectivity index (χ2n) is 4.53. The Hall–Kier alpha value is -2.64. The second-order valence-corrected chi connectivity index (χ2v) is 4.53. The first-order valence-electron chi connectivity index (χ1n) is 6.06. The van der Waals surface area contributed by atoms with Gasteiger partial charge in [-0.15, -0.1) is 0 Å². The minimum Gasteiger partial charge on any atom is -0.454 e. The van der Waals surface area contributed by atoms with Gasteiger partial charge in [0.25, 0.3) is 5.69 Å². The van der Waals surface area contributed by atoms with E-state index in [-0.39, 0.29) is 29.9 Å². The maximum absolute atomic E-state index is 11.4. The van der Waals surface area contributed by atoms with Crippen LogP contribution in [-0.2, 0) is 4.79 Å². The van der Waals surface area contributed by atoms with Gasteiger partial charge in [0, 0.05) is 5.92 Å². The molecule has 8 heteroatoms. The molecular weight excluding hydrogens is 266 g/mol. The average molecular weight is 277 g/mol. The molecule has 0 atom stereocenters. The molecule has 1 aromatic rings. The van der Waals surface area contributed by atoms with Gasteiger partial charge in [-0.25, -0.2) is 5.43 Å². The number of rotatable bonds is 4. The fraction of sp³-hybridized carbons (Fsp3) is 0.333. The summed E-state index contributed by atoms with van der Waals surface area (Å²) in [4.78, 5) is 21.9. The number of fused-ring (bicyclic) bond motifs is 1. The predicted octanol–water partition coefficient (Wildman–Crippen LogP) is 1.18. The summed E-state index contributed by atoms with van der Waals surface area (Å²) in [6.07, 6.45) is 2.97. The van der Waals surface area contributed by atoms with Crippen LogP contribution in [0.15, 0.2) is 17.2 Å². The number of carbonyl (C=O) groups is 1. The highest BCUT2D eigenvalue weighted by atomic mass is 16.7. The molecule has 1 amide bonds. The van der Waals surface area contributed by atoms with E-state index in [0.29, 0.717) is 11.5 Å². The van der Waals surface area contributed by atoms with Crippen molar-refractivity contribution in [1.29, 1.82) is 0 Å². The molecule has 1 fully saturated rings. The number of carbonyl (C=O) groups excluding carboxylic acids is 1. The van der Waals surface area contributed by atoms with Crippen molar-refractivity contribution in [1.82, 2.24) is 5.43 Å². The maximum atomic E-state index is 11.4. The van der Waals surface area contributed by atoms with Crippen LogP contribution in [0.5, 0.6) is 11.5 Å². The van der Waals surface area contributed by atoms with Crippen molar-refractivity contribution >= 4 is 17.8 Å². The number of benzene rings is 1. The molecule has 2 aliphatic rings. The lowest BCUT2D eigenvalue weighted by molar-refractivity contribution is -0.385. The van der Waals surface area contributed by atoms with E-state index in [4.69, 9.17) is 9.47 Å². The molecule has 1 aliphatic heterocycles. The summed E-state index contributed by atoms with van der Waals surface area (Å²) in [5.74, 6) is 0.616. The molecule has 1 aromatic carbocycles. The molecular formula is C12H11N3O5. The molecule has 0 bridgehead atoms. The number of nitro benzene ring substituents is 1. The quantitative estimate of drug-likeness (QED) is 0.505. The number of amides is 1. The summed E-state index contributed by atoms with van der Waals surface area (Å²) in [6, 6.07) is 2.75. The number of nitro groups is 1. The lowest BCUT2D eigenvalue weighted by Gasteiger charge is -2.01. The molecule has 0 saturated heterocycles. The fourth-order valence-electron chi connectivity index (χ4n) is 1.81. The largest absolute Gasteiger partial charge is 0.454 e. The number of hydrogen-bond acceptors (Lipinski definition) is 6. The Morgan fingerprint density at radius 2 is 2.10 bits per heavy atom. The third-order valence-corrected chi connectivity index (χ3v) is 3.05. The van der Waals surface area contributed by atoms with Gasteiger partial charge in [0.15, 0.2) is 11.5 Å². The van der Waals surface area contributed by atoms with Gasteiger partial charge in [0.2, 0.25) is 12.7 Å². The first kappa shape index (κ1) is 12.4. The lowest BCUT2D eigenvalue weighted by Crippen LogP contribution is -2.19. The highest BCUT2D eigenvalue weighted by Crippen LogP contribution is 2.37. The van der Waals surface area contributed by atoms with Crippen molar-refractivity contribution in [2.45, 2.75) is 12.8 Å². The van der Waals surface area contributed by atoms with Crippen LogP contribution in [0.25, 0.3) is 0 Å². The molecule has 1 heterocycles. The predicted molar refractivity (Wildman–Crippen MR) is 67.7 cm³/mol. The normalized spacial score (nSPS) is 16.4. The zero-order valence-corrected chi connectivity index (χ0v) is 10.4. The molecule has 0 unspecified atom stereocenters. The Balaban J connectivity index is 1.81. The van der Waals surface area contributed by atoms with Gasteiger partial charge in [-0.3, -0.25) is 14.9 Å². The Bertz CT molecular complexity index is 609.